The molecule has 1 aliphatic rings. The lowest BCUT2D eigenvalue weighted by molar-refractivity contribution is -0.154. The van der Waals surface area contributed by atoms with Gasteiger partial charge in [-0.05, 0) is 31.1 Å². The second-order valence-electron chi connectivity index (χ2n) is 4.40. The van der Waals surface area contributed by atoms with E-state index in [9.17, 15) is 4.79 Å². The number of methoxy groups -OCH3 is 1. The molecule has 0 aromatic heterocycles. The fourth-order valence-electron chi connectivity index (χ4n) is 2.02. The van der Waals surface area contributed by atoms with Gasteiger partial charge < -0.3 is 10.5 Å². The molecular formula is C10H19NO2. The van der Waals surface area contributed by atoms with E-state index in [2.05, 4.69) is 13.8 Å². The van der Waals surface area contributed by atoms with E-state index in [1.54, 1.807) is 0 Å². The molecule has 1 fully saturated rings. The Morgan fingerprint density at radius 2 is 2.31 bits per heavy atom. The van der Waals surface area contributed by atoms with E-state index in [4.69, 9.17) is 10.5 Å². The zero-order chi connectivity index (χ0) is 10.1. The molecule has 0 saturated heterocycles. The summed E-state index contributed by atoms with van der Waals surface area (Å²) in [5, 5.41) is 0. The molecule has 2 atom stereocenters. The van der Waals surface area contributed by atoms with Gasteiger partial charge in [-0.25, -0.2) is 0 Å². The van der Waals surface area contributed by atoms with Crippen LogP contribution in [0.4, 0.5) is 0 Å². The van der Waals surface area contributed by atoms with Crippen molar-refractivity contribution in [3.05, 3.63) is 0 Å². The maximum Gasteiger partial charge on any atom is 0.326 e. The fourth-order valence-corrected chi connectivity index (χ4v) is 2.02. The summed E-state index contributed by atoms with van der Waals surface area (Å²) in [5.41, 5.74) is 5.29. The van der Waals surface area contributed by atoms with Gasteiger partial charge in [0.1, 0.15) is 5.54 Å². The molecule has 1 saturated carbocycles. The first-order valence-electron chi connectivity index (χ1n) is 4.88. The van der Waals surface area contributed by atoms with E-state index in [0.717, 1.165) is 19.3 Å². The van der Waals surface area contributed by atoms with Gasteiger partial charge in [0.2, 0.25) is 0 Å². The number of carbonyl (C=O) groups excluding carboxylic acids is 1. The zero-order valence-electron chi connectivity index (χ0n) is 8.67. The number of hydrogen-bond acceptors (Lipinski definition) is 3. The Labute approximate surface area is 79.6 Å². The normalized spacial score (nSPS) is 32.8. The quantitative estimate of drug-likeness (QED) is 0.674. The Morgan fingerprint density at radius 3 is 2.62 bits per heavy atom. The van der Waals surface area contributed by atoms with E-state index < -0.39 is 5.54 Å². The fraction of sp³-hybridized carbons (Fsp3) is 0.900. The van der Waals surface area contributed by atoms with E-state index >= 15 is 0 Å². The second kappa shape index (κ2) is 3.66. The highest BCUT2D eigenvalue weighted by atomic mass is 16.5. The van der Waals surface area contributed by atoms with Gasteiger partial charge in [-0.3, -0.25) is 4.79 Å². The van der Waals surface area contributed by atoms with Crippen molar-refractivity contribution in [2.45, 2.75) is 38.6 Å². The Morgan fingerprint density at radius 1 is 1.69 bits per heavy atom. The molecule has 0 heterocycles. The van der Waals surface area contributed by atoms with Crippen LogP contribution in [0.25, 0.3) is 0 Å². The number of nitrogens with two attached hydrogens (primary N) is 1. The van der Waals surface area contributed by atoms with Crippen molar-refractivity contribution in [2.24, 2.45) is 17.6 Å². The highest BCUT2D eigenvalue weighted by Gasteiger charge is 2.50. The highest BCUT2D eigenvalue weighted by Crippen LogP contribution is 2.41. The van der Waals surface area contributed by atoms with Crippen molar-refractivity contribution >= 4 is 5.97 Å². The van der Waals surface area contributed by atoms with Crippen molar-refractivity contribution in [1.29, 1.82) is 0 Å². The van der Waals surface area contributed by atoms with E-state index in [-0.39, 0.29) is 5.97 Å². The van der Waals surface area contributed by atoms with Crippen LogP contribution in [0.15, 0.2) is 0 Å². The minimum Gasteiger partial charge on any atom is -0.468 e. The standard InChI is InChI=1S/C10H19NO2/c1-7(2)6-8-4-5-10(8,11)9(12)13-3/h7-8H,4-6,11H2,1-3H3/t8-,10-/m0/s1. The molecule has 1 rings (SSSR count). The highest BCUT2D eigenvalue weighted by molar-refractivity contribution is 5.82. The van der Waals surface area contributed by atoms with Gasteiger partial charge >= 0.3 is 5.97 Å². The van der Waals surface area contributed by atoms with Gasteiger partial charge in [0, 0.05) is 0 Å². The van der Waals surface area contributed by atoms with Gasteiger partial charge in [-0.15, -0.1) is 0 Å². The largest absolute Gasteiger partial charge is 0.468 e. The summed E-state index contributed by atoms with van der Waals surface area (Å²) < 4.78 is 4.71. The van der Waals surface area contributed by atoms with Crippen molar-refractivity contribution in [3.8, 4) is 0 Å². The van der Waals surface area contributed by atoms with Crippen molar-refractivity contribution in [1.82, 2.24) is 0 Å². The van der Waals surface area contributed by atoms with Crippen molar-refractivity contribution in [3.63, 3.8) is 0 Å². The second-order valence-corrected chi connectivity index (χ2v) is 4.40. The number of ether oxygens (including phenoxy) is 1. The molecule has 0 aliphatic heterocycles. The summed E-state index contributed by atoms with van der Waals surface area (Å²) in [6.07, 6.45) is 2.85. The Bertz CT molecular complexity index is 203. The van der Waals surface area contributed by atoms with E-state index in [0.29, 0.717) is 11.8 Å². The summed E-state index contributed by atoms with van der Waals surface area (Å²) in [4.78, 5) is 11.4. The molecule has 0 bridgehead atoms. The summed E-state index contributed by atoms with van der Waals surface area (Å²) in [7, 11) is 1.40. The molecule has 0 aromatic rings. The van der Waals surface area contributed by atoms with Crippen LogP contribution in [-0.2, 0) is 9.53 Å². The summed E-state index contributed by atoms with van der Waals surface area (Å²) >= 11 is 0. The van der Waals surface area contributed by atoms with Crippen LogP contribution in [-0.4, -0.2) is 18.6 Å². The molecule has 0 spiro atoms. The third kappa shape index (κ3) is 1.85. The maximum atomic E-state index is 11.4. The molecule has 2 N–H and O–H groups in total. The number of esters is 1. The molecule has 1 aliphatic carbocycles. The predicted octanol–water partition coefficient (Wildman–Crippen LogP) is 1.31. The smallest absolute Gasteiger partial charge is 0.326 e. The van der Waals surface area contributed by atoms with Gasteiger partial charge in [0.25, 0.3) is 0 Å². The maximum absolute atomic E-state index is 11.4. The lowest BCUT2D eigenvalue weighted by Crippen LogP contribution is -2.61. The van der Waals surface area contributed by atoms with E-state index in [1.165, 1.54) is 7.11 Å². The van der Waals surface area contributed by atoms with Gasteiger partial charge in [-0.1, -0.05) is 13.8 Å². The predicted molar refractivity (Wildman–Crippen MR) is 51.1 cm³/mol. The summed E-state index contributed by atoms with van der Waals surface area (Å²) in [6.45, 7) is 4.30. The molecule has 0 radical (unpaired) electrons. The molecule has 0 amide bonds. The van der Waals surface area contributed by atoms with Crippen LogP contribution < -0.4 is 5.73 Å². The minimum absolute atomic E-state index is 0.246. The lowest BCUT2D eigenvalue weighted by atomic mass is 9.64. The third-order valence-electron chi connectivity index (χ3n) is 2.96. The first-order chi connectivity index (χ1) is 6.00. The van der Waals surface area contributed by atoms with Crippen LogP contribution in [0.3, 0.4) is 0 Å². The molecule has 3 heteroatoms. The average Bonchev–Trinajstić information content (AvgIpc) is 2.09. The third-order valence-corrected chi connectivity index (χ3v) is 2.96. The van der Waals surface area contributed by atoms with Crippen molar-refractivity contribution < 1.29 is 9.53 Å². The molecule has 13 heavy (non-hydrogen) atoms. The average molecular weight is 185 g/mol. The zero-order valence-corrected chi connectivity index (χ0v) is 8.67. The van der Waals surface area contributed by atoms with Crippen LogP contribution in [0, 0.1) is 11.8 Å². The molecule has 76 valence electrons. The Kier molecular flexibility index (Phi) is 2.96. The lowest BCUT2D eigenvalue weighted by Gasteiger charge is -2.44. The van der Waals surface area contributed by atoms with Gasteiger partial charge in [-0.2, -0.15) is 0 Å². The number of hydrogen-bond donors (Lipinski definition) is 1. The first kappa shape index (κ1) is 10.5. The van der Waals surface area contributed by atoms with E-state index in [1.807, 2.05) is 0 Å². The number of carbonyl (C=O) groups is 1. The molecule has 0 aromatic carbocycles. The Hall–Kier alpha value is -0.570. The van der Waals surface area contributed by atoms with Crippen molar-refractivity contribution in [2.75, 3.05) is 7.11 Å². The van der Waals surface area contributed by atoms with Gasteiger partial charge in [0.15, 0.2) is 0 Å². The monoisotopic (exact) mass is 185 g/mol. The summed E-state index contributed by atoms with van der Waals surface area (Å²) in [5.74, 6) is 0.669. The molecular weight excluding hydrogens is 166 g/mol. The van der Waals surface area contributed by atoms with Crippen LogP contribution >= 0.6 is 0 Å². The molecule has 0 unspecified atom stereocenters. The number of rotatable bonds is 3. The summed E-state index contributed by atoms with van der Waals surface area (Å²) in [6, 6.07) is 0. The SMILES string of the molecule is COC(=O)[C@]1(N)CC[C@H]1CC(C)C. The van der Waals surface area contributed by atoms with Crippen LogP contribution in [0.1, 0.15) is 33.1 Å². The minimum atomic E-state index is -0.682. The Balaban J connectivity index is 2.55. The van der Waals surface area contributed by atoms with Crippen LogP contribution in [0.2, 0.25) is 0 Å². The topological polar surface area (TPSA) is 52.3 Å². The van der Waals surface area contributed by atoms with Crippen LogP contribution in [0.5, 0.6) is 0 Å². The first-order valence-corrected chi connectivity index (χ1v) is 4.88. The molecule has 3 nitrogen and oxygen atoms in total. The van der Waals surface area contributed by atoms with Gasteiger partial charge in [0.05, 0.1) is 7.11 Å².